The molecule has 0 fully saturated rings. The maximum absolute atomic E-state index is 5.55. The first-order chi connectivity index (χ1) is 6.61. The van der Waals surface area contributed by atoms with Gasteiger partial charge in [0.25, 0.3) is 0 Å². The van der Waals surface area contributed by atoms with E-state index in [2.05, 4.69) is 20.4 Å². The van der Waals surface area contributed by atoms with Gasteiger partial charge in [-0.15, -0.1) is 19.5 Å². The van der Waals surface area contributed by atoms with E-state index in [9.17, 15) is 0 Å². The van der Waals surface area contributed by atoms with Gasteiger partial charge in [0.05, 0.1) is 0 Å². The van der Waals surface area contributed by atoms with Crippen LogP contribution < -0.4 is 32.5 Å². The number of aromatic nitrogens is 6. The largest absolute Gasteiger partial charge is 0.396 e. The molecule has 10 N–H and O–H groups in total. The Bertz CT molecular complexity index is 420. The van der Waals surface area contributed by atoms with Gasteiger partial charge in [0, 0.05) is 10.2 Å². The second-order valence-electron chi connectivity index (χ2n) is 2.60. The molecule has 0 unspecified atom stereocenters. The van der Waals surface area contributed by atoms with E-state index in [1.165, 1.54) is 0 Å². The van der Waals surface area contributed by atoms with Crippen LogP contribution in [0.1, 0.15) is 0 Å². The first-order valence-electron chi connectivity index (χ1n) is 3.63. The van der Waals surface area contributed by atoms with Gasteiger partial charge in [0.2, 0.25) is 0 Å². The SMILES string of the molecule is Nc1n[nH]c(-c2[nH]nc(N)[n+]2N)[n+]1N. The van der Waals surface area contributed by atoms with Gasteiger partial charge in [0.1, 0.15) is 0 Å². The Labute approximate surface area is 77.4 Å². The Morgan fingerprint density at radius 2 is 1.21 bits per heavy atom. The van der Waals surface area contributed by atoms with Crippen molar-refractivity contribution < 1.29 is 9.35 Å². The zero-order valence-electron chi connectivity index (χ0n) is 7.10. The first-order valence-corrected chi connectivity index (χ1v) is 3.63. The predicted octanol–water partition coefficient (Wildman–Crippen LogP) is -4.03. The highest BCUT2D eigenvalue weighted by molar-refractivity contribution is 5.35. The van der Waals surface area contributed by atoms with Crippen LogP contribution in [0.5, 0.6) is 0 Å². The quantitative estimate of drug-likeness (QED) is 0.201. The Kier molecular flexibility index (Phi) is 1.44. The summed E-state index contributed by atoms with van der Waals surface area (Å²) in [6.45, 7) is 0. The molecular weight excluding hydrogens is 188 g/mol. The molecule has 0 aliphatic carbocycles. The van der Waals surface area contributed by atoms with Gasteiger partial charge in [-0.05, 0) is 0 Å². The number of rotatable bonds is 1. The van der Waals surface area contributed by atoms with Gasteiger partial charge in [0.15, 0.2) is 0 Å². The molecule has 0 saturated heterocycles. The molecule has 0 radical (unpaired) electrons. The fraction of sp³-hybridized carbons (Fsp3) is 0. The van der Waals surface area contributed by atoms with Crippen molar-refractivity contribution in [3.05, 3.63) is 0 Å². The second-order valence-corrected chi connectivity index (χ2v) is 2.60. The van der Waals surface area contributed by atoms with Crippen LogP contribution in [0.3, 0.4) is 0 Å². The second kappa shape index (κ2) is 2.48. The third-order valence-electron chi connectivity index (χ3n) is 1.75. The lowest BCUT2D eigenvalue weighted by atomic mass is 10.6. The van der Waals surface area contributed by atoms with Crippen molar-refractivity contribution in [3.8, 4) is 11.6 Å². The number of aromatic amines is 2. The Morgan fingerprint density at radius 3 is 1.43 bits per heavy atom. The lowest BCUT2D eigenvalue weighted by Crippen LogP contribution is -2.53. The van der Waals surface area contributed by atoms with Crippen molar-refractivity contribution in [2.45, 2.75) is 0 Å². The molecule has 2 aromatic heterocycles. The summed E-state index contributed by atoms with van der Waals surface area (Å²) in [5.41, 5.74) is 10.8. The van der Waals surface area contributed by atoms with Crippen LogP contribution in [-0.4, -0.2) is 20.4 Å². The van der Waals surface area contributed by atoms with Crippen LogP contribution >= 0.6 is 0 Å². The molecule has 2 heterocycles. The van der Waals surface area contributed by atoms with E-state index in [1.807, 2.05) is 0 Å². The lowest BCUT2D eigenvalue weighted by Gasteiger charge is -1.91. The van der Waals surface area contributed by atoms with E-state index in [1.54, 1.807) is 0 Å². The molecule has 0 amide bonds. The van der Waals surface area contributed by atoms with Gasteiger partial charge >= 0.3 is 23.5 Å². The minimum Gasteiger partial charge on any atom is -0.304 e. The van der Waals surface area contributed by atoms with Crippen LogP contribution in [0.25, 0.3) is 11.6 Å². The summed E-state index contributed by atoms with van der Waals surface area (Å²) < 4.78 is 2.24. The summed E-state index contributed by atoms with van der Waals surface area (Å²) in [6, 6.07) is 0. The Hall–Kier alpha value is -2.52. The molecule has 2 aromatic rings. The highest BCUT2D eigenvalue weighted by Gasteiger charge is 2.25. The number of nitrogens with zero attached hydrogens (tertiary/aromatic N) is 4. The molecule has 0 atom stereocenters. The fourth-order valence-corrected chi connectivity index (χ4v) is 0.999. The van der Waals surface area contributed by atoms with E-state index in [4.69, 9.17) is 23.2 Å². The van der Waals surface area contributed by atoms with E-state index in [0.717, 1.165) is 9.35 Å². The van der Waals surface area contributed by atoms with Crippen LogP contribution in [0.15, 0.2) is 0 Å². The molecule has 14 heavy (non-hydrogen) atoms. The molecule has 0 saturated carbocycles. The van der Waals surface area contributed by atoms with Gasteiger partial charge in [-0.3, -0.25) is 11.7 Å². The molecule has 0 aliphatic heterocycles. The Balaban J connectivity index is 2.60. The summed E-state index contributed by atoms with van der Waals surface area (Å²) in [7, 11) is 0. The first kappa shape index (κ1) is 8.10. The number of H-pyrrole nitrogens is 2. The third-order valence-corrected chi connectivity index (χ3v) is 1.75. The predicted molar refractivity (Wildman–Crippen MR) is 45.7 cm³/mol. The molecule has 74 valence electrons. The molecule has 0 bridgehead atoms. The van der Waals surface area contributed by atoms with Crippen molar-refractivity contribution in [3.63, 3.8) is 0 Å². The van der Waals surface area contributed by atoms with Crippen molar-refractivity contribution in [1.29, 1.82) is 0 Å². The van der Waals surface area contributed by atoms with Crippen molar-refractivity contribution in [1.82, 2.24) is 20.4 Å². The van der Waals surface area contributed by atoms with Crippen LogP contribution in [-0.2, 0) is 0 Å². The van der Waals surface area contributed by atoms with Crippen LogP contribution in [0, 0.1) is 0 Å². The Morgan fingerprint density at radius 1 is 0.857 bits per heavy atom. The average molecular weight is 198 g/mol. The smallest absolute Gasteiger partial charge is 0.304 e. The van der Waals surface area contributed by atoms with Gasteiger partial charge in [-0.2, -0.15) is 0 Å². The number of nitrogens with one attached hydrogen (secondary N) is 2. The van der Waals surface area contributed by atoms with Crippen molar-refractivity contribution in [2.24, 2.45) is 0 Å². The third kappa shape index (κ3) is 0.903. The van der Waals surface area contributed by atoms with E-state index >= 15 is 0 Å². The van der Waals surface area contributed by atoms with Gasteiger partial charge in [-0.1, -0.05) is 0 Å². The molecular formula is C4H10N10+2. The fourth-order valence-electron chi connectivity index (χ4n) is 0.999. The zero-order chi connectivity index (χ0) is 10.3. The maximum atomic E-state index is 5.55. The average Bonchev–Trinajstić information content (AvgIpc) is 2.63. The van der Waals surface area contributed by atoms with Crippen molar-refractivity contribution in [2.75, 3.05) is 23.2 Å². The van der Waals surface area contributed by atoms with Crippen LogP contribution in [0.4, 0.5) is 11.9 Å². The van der Waals surface area contributed by atoms with Crippen molar-refractivity contribution >= 4 is 11.9 Å². The molecule has 0 spiro atoms. The monoisotopic (exact) mass is 198 g/mol. The number of hydrogen-bond acceptors (Lipinski definition) is 6. The van der Waals surface area contributed by atoms with E-state index in [0.29, 0.717) is 11.6 Å². The number of nitrogens with two attached hydrogens (primary N) is 4. The minimum absolute atomic E-state index is 0.119. The highest BCUT2D eigenvalue weighted by atomic mass is 15.5. The highest BCUT2D eigenvalue weighted by Crippen LogP contribution is 2.02. The van der Waals surface area contributed by atoms with Gasteiger partial charge in [-0.25, -0.2) is 0 Å². The molecule has 0 aliphatic rings. The maximum Gasteiger partial charge on any atom is 0.396 e. The van der Waals surface area contributed by atoms with Crippen LogP contribution in [0.2, 0.25) is 0 Å². The number of nitrogen functional groups attached to an aromatic ring is 4. The topological polar surface area (TPSA) is 169 Å². The summed E-state index contributed by atoms with van der Waals surface area (Å²) in [5.74, 6) is 12.1. The summed E-state index contributed by atoms with van der Waals surface area (Å²) in [4.78, 5) is 0. The molecule has 10 heteroatoms. The molecule has 10 nitrogen and oxygen atoms in total. The van der Waals surface area contributed by atoms with E-state index < -0.39 is 0 Å². The number of anilines is 2. The summed E-state index contributed by atoms with van der Waals surface area (Å²) >= 11 is 0. The lowest BCUT2D eigenvalue weighted by molar-refractivity contribution is -0.643. The number of hydrogen-bond donors (Lipinski definition) is 6. The zero-order valence-corrected chi connectivity index (χ0v) is 7.10. The summed E-state index contributed by atoms with van der Waals surface area (Å²) in [6.07, 6.45) is 0. The standard InChI is InChI=1S/C4H8N10/c5-3-11-9-1(13(3)7)2-10-12-4(6)14(2)8/h7-8H2,(H4,5,6,9,10,11,12)/p+2. The molecule has 2 rings (SSSR count). The molecule has 0 aromatic carbocycles. The summed E-state index contributed by atoms with van der Waals surface area (Å²) in [5, 5.41) is 12.5. The minimum atomic E-state index is 0.119. The van der Waals surface area contributed by atoms with Gasteiger partial charge < -0.3 is 11.5 Å². The van der Waals surface area contributed by atoms with E-state index in [-0.39, 0.29) is 11.9 Å². The normalized spacial score (nSPS) is 10.6.